The van der Waals surface area contributed by atoms with Crippen molar-refractivity contribution in [3.63, 3.8) is 0 Å². The summed E-state index contributed by atoms with van der Waals surface area (Å²) in [5.74, 6) is -0.702. The highest BCUT2D eigenvalue weighted by Crippen LogP contribution is 2.27. The van der Waals surface area contributed by atoms with E-state index in [2.05, 4.69) is 27.8 Å². The Morgan fingerprint density at radius 2 is 1.84 bits per heavy atom. The molecule has 0 bridgehead atoms. The van der Waals surface area contributed by atoms with Crippen molar-refractivity contribution in [3.8, 4) is 0 Å². The molecular formula is C21H21N5O4S2. The number of hydrogen-bond donors (Lipinski definition) is 2. The van der Waals surface area contributed by atoms with Gasteiger partial charge in [-0.2, -0.15) is 0 Å². The summed E-state index contributed by atoms with van der Waals surface area (Å²) in [7, 11) is 0. The molecule has 3 aromatic rings. The topological polar surface area (TPSA) is 127 Å². The Balaban J connectivity index is 1.50. The second-order valence-electron chi connectivity index (χ2n) is 6.74. The van der Waals surface area contributed by atoms with E-state index in [1.165, 1.54) is 35.5 Å². The number of nitrogens with zero attached hydrogens (tertiary/aromatic N) is 3. The third kappa shape index (κ3) is 6.59. The van der Waals surface area contributed by atoms with Crippen molar-refractivity contribution < 1.29 is 14.5 Å². The predicted molar refractivity (Wildman–Crippen MR) is 125 cm³/mol. The summed E-state index contributed by atoms with van der Waals surface area (Å²) in [5.41, 5.74) is 1.61. The third-order valence-corrected chi connectivity index (χ3v) is 6.33. The lowest BCUT2D eigenvalue weighted by Crippen LogP contribution is -2.13. The molecule has 32 heavy (non-hydrogen) atoms. The third-order valence-electron chi connectivity index (χ3n) is 4.36. The highest BCUT2D eigenvalue weighted by atomic mass is 32.2. The van der Waals surface area contributed by atoms with Gasteiger partial charge in [-0.25, -0.2) is 0 Å². The van der Waals surface area contributed by atoms with E-state index in [1.54, 1.807) is 6.07 Å². The van der Waals surface area contributed by atoms with E-state index in [1.807, 2.05) is 24.3 Å². The van der Waals surface area contributed by atoms with E-state index >= 15 is 0 Å². The van der Waals surface area contributed by atoms with Crippen molar-refractivity contribution >= 4 is 51.4 Å². The van der Waals surface area contributed by atoms with Crippen LogP contribution in [0.4, 0.5) is 16.5 Å². The van der Waals surface area contributed by atoms with E-state index in [0.29, 0.717) is 4.34 Å². The Morgan fingerprint density at radius 1 is 1.09 bits per heavy atom. The number of para-hydroxylation sites is 1. The number of nitrogens with one attached hydrogen (secondary N) is 2. The lowest BCUT2D eigenvalue weighted by Gasteiger charge is -2.06. The second-order valence-corrected chi connectivity index (χ2v) is 8.94. The van der Waals surface area contributed by atoms with E-state index < -0.39 is 10.8 Å². The number of amides is 2. The molecule has 9 nitrogen and oxygen atoms in total. The summed E-state index contributed by atoms with van der Waals surface area (Å²) in [4.78, 5) is 35.0. The number of unbranched alkanes of at least 4 members (excludes halogenated alkanes) is 1. The van der Waals surface area contributed by atoms with Crippen molar-refractivity contribution in [2.75, 3.05) is 16.4 Å². The Morgan fingerprint density at radius 3 is 2.56 bits per heavy atom. The molecular weight excluding hydrogens is 450 g/mol. The van der Waals surface area contributed by atoms with Gasteiger partial charge < -0.3 is 5.32 Å². The molecule has 2 N–H and O–H groups in total. The second kappa shape index (κ2) is 11.3. The van der Waals surface area contributed by atoms with E-state index in [0.717, 1.165) is 36.3 Å². The number of carbonyl (C=O) groups is 2. The minimum absolute atomic E-state index is 0.0676. The van der Waals surface area contributed by atoms with Crippen LogP contribution in [0.3, 0.4) is 0 Å². The number of thioether (sulfide) groups is 1. The predicted octanol–water partition coefficient (Wildman–Crippen LogP) is 4.77. The smallest absolute Gasteiger partial charge is 0.282 e. The number of aromatic nitrogens is 2. The van der Waals surface area contributed by atoms with E-state index in [9.17, 15) is 19.7 Å². The lowest BCUT2D eigenvalue weighted by molar-refractivity contribution is -0.385. The van der Waals surface area contributed by atoms with Gasteiger partial charge in [0.2, 0.25) is 11.0 Å². The molecule has 0 fully saturated rings. The van der Waals surface area contributed by atoms with Crippen LogP contribution >= 0.6 is 23.1 Å². The van der Waals surface area contributed by atoms with Gasteiger partial charge in [0.25, 0.3) is 11.6 Å². The Kier molecular flexibility index (Phi) is 8.28. The van der Waals surface area contributed by atoms with E-state index in [4.69, 9.17) is 0 Å². The van der Waals surface area contributed by atoms with Crippen molar-refractivity contribution in [2.24, 2.45) is 0 Å². The molecule has 1 heterocycles. The van der Waals surface area contributed by atoms with Crippen LogP contribution in [0.2, 0.25) is 0 Å². The zero-order valence-electron chi connectivity index (χ0n) is 17.2. The van der Waals surface area contributed by atoms with Gasteiger partial charge in [0.15, 0.2) is 4.34 Å². The highest BCUT2D eigenvalue weighted by molar-refractivity contribution is 8.01. The van der Waals surface area contributed by atoms with E-state index in [-0.39, 0.29) is 28.0 Å². The first-order chi connectivity index (χ1) is 15.5. The minimum Gasteiger partial charge on any atom is -0.325 e. The molecule has 11 heteroatoms. The van der Waals surface area contributed by atoms with Crippen LogP contribution in [0.25, 0.3) is 0 Å². The van der Waals surface area contributed by atoms with Gasteiger partial charge in [-0.15, -0.1) is 10.2 Å². The first-order valence-electron chi connectivity index (χ1n) is 9.86. The number of nitro benzene ring substituents is 1. The number of carbonyl (C=O) groups excluding carboxylic acids is 2. The number of nitro groups is 1. The van der Waals surface area contributed by atoms with Crippen molar-refractivity contribution in [2.45, 2.75) is 30.5 Å². The van der Waals surface area contributed by atoms with Crippen LogP contribution in [0.1, 0.15) is 35.7 Å². The van der Waals surface area contributed by atoms with Crippen LogP contribution in [-0.2, 0) is 11.2 Å². The maximum absolute atomic E-state index is 12.4. The SMILES string of the molecule is CCCCc1ccc(NC(=O)CSc2nnc(NC(=O)c3ccccc3[N+](=O)[O-])s2)cc1. The number of aryl methyl sites for hydroxylation is 1. The fraction of sp³-hybridized carbons (Fsp3) is 0.238. The monoisotopic (exact) mass is 471 g/mol. The van der Waals surface area contributed by atoms with Gasteiger partial charge in [-0.3, -0.25) is 25.0 Å². The summed E-state index contributed by atoms with van der Waals surface area (Å²) >= 11 is 2.27. The normalized spacial score (nSPS) is 10.5. The maximum Gasteiger partial charge on any atom is 0.282 e. The summed E-state index contributed by atoms with van der Waals surface area (Å²) in [6.07, 6.45) is 3.29. The largest absolute Gasteiger partial charge is 0.325 e. The number of hydrogen-bond acceptors (Lipinski definition) is 8. The zero-order chi connectivity index (χ0) is 22.9. The van der Waals surface area contributed by atoms with Crippen LogP contribution < -0.4 is 10.6 Å². The molecule has 3 rings (SSSR count). The molecule has 0 aliphatic heterocycles. The fourth-order valence-electron chi connectivity index (χ4n) is 2.77. The lowest BCUT2D eigenvalue weighted by atomic mass is 10.1. The summed E-state index contributed by atoms with van der Waals surface area (Å²) in [6, 6.07) is 13.4. The average Bonchev–Trinajstić information content (AvgIpc) is 3.24. The molecule has 0 saturated heterocycles. The average molecular weight is 472 g/mol. The van der Waals surface area contributed by atoms with Gasteiger partial charge in [0.1, 0.15) is 5.56 Å². The number of anilines is 2. The van der Waals surface area contributed by atoms with Gasteiger partial charge >= 0.3 is 0 Å². The Labute approximate surface area is 192 Å². The van der Waals surface area contributed by atoms with Crippen LogP contribution in [-0.4, -0.2) is 32.7 Å². The standard InChI is InChI=1S/C21H21N5O4S2/c1-2-3-6-14-9-11-15(12-10-14)22-18(27)13-31-21-25-24-20(32-21)23-19(28)16-7-4-5-8-17(16)26(29)30/h4-5,7-12H,2-3,6,13H2,1H3,(H,22,27)(H,23,24,28). The van der Waals surface area contributed by atoms with Gasteiger partial charge in [0, 0.05) is 11.8 Å². The Hall–Kier alpha value is -3.31. The number of benzene rings is 2. The van der Waals surface area contributed by atoms with Crippen molar-refractivity contribution in [1.82, 2.24) is 10.2 Å². The Bertz CT molecular complexity index is 1100. The quantitative estimate of drug-likeness (QED) is 0.189. The molecule has 166 valence electrons. The van der Waals surface area contributed by atoms with Crippen LogP contribution in [0.15, 0.2) is 52.9 Å². The molecule has 2 aromatic carbocycles. The summed E-state index contributed by atoms with van der Waals surface area (Å²) in [5, 5.41) is 24.4. The van der Waals surface area contributed by atoms with Crippen molar-refractivity contribution in [3.05, 3.63) is 69.8 Å². The van der Waals surface area contributed by atoms with Crippen LogP contribution in [0, 0.1) is 10.1 Å². The summed E-state index contributed by atoms with van der Waals surface area (Å²) in [6.45, 7) is 2.15. The van der Waals surface area contributed by atoms with Gasteiger partial charge in [0.05, 0.1) is 10.7 Å². The number of rotatable bonds is 10. The van der Waals surface area contributed by atoms with Crippen LogP contribution in [0.5, 0.6) is 0 Å². The molecule has 0 atom stereocenters. The molecule has 0 unspecified atom stereocenters. The first-order valence-corrected chi connectivity index (χ1v) is 11.7. The summed E-state index contributed by atoms with van der Waals surface area (Å²) < 4.78 is 0.493. The fourth-order valence-corrected chi connectivity index (χ4v) is 4.31. The zero-order valence-corrected chi connectivity index (χ0v) is 18.9. The van der Waals surface area contributed by atoms with Gasteiger partial charge in [-0.1, -0.05) is 60.7 Å². The molecule has 0 aliphatic carbocycles. The van der Waals surface area contributed by atoms with Crippen molar-refractivity contribution in [1.29, 1.82) is 0 Å². The minimum atomic E-state index is -0.648. The molecule has 0 aliphatic rings. The van der Waals surface area contributed by atoms with Gasteiger partial charge in [-0.05, 0) is 36.6 Å². The molecule has 0 spiro atoms. The molecule has 2 amide bonds. The molecule has 1 aromatic heterocycles. The maximum atomic E-state index is 12.4. The highest BCUT2D eigenvalue weighted by Gasteiger charge is 2.20. The molecule has 0 radical (unpaired) electrons. The first kappa shape index (κ1) is 23.4. The molecule has 0 saturated carbocycles.